The molecule has 4 aliphatic carbocycles. The van der Waals surface area contributed by atoms with Gasteiger partial charge in [0.15, 0.2) is 0 Å². The molecule has 17 rings (SSSR count). The van der Waals surface area contributed by atoms with Crippen LogP contribution in [0.25, 0.3) is 44.5 Å². The minimum Gasteiger partial charge on any atom is -0.457 e. The summed E-state index contributed by atoms with van der Waals surface area (Å²) in [4.78, 5) is 2.57. The van der Waals surface area contributed by atoms with Crippen molar-refractivity contribution >= 4 is 17.1 Å². The van der Waals surface area contributed by atoms with Gasteiger partial charge in [-0.15, -0.1) is 0 Å². The van der Waals surface area contributed by atoms with Crippen LogP contribution in [0.15, 0.2) is 249 Å². The van der Waals surface area contributed by atoms with Crippen molar-refractivity contribution in [3.63, 3.8) is 0 Å². The normalized spacial score (nSPS) is 16.5. The number of para-hydroxylation sites is 3. The van der Waals surface area contributed by atoms with Gasteiger partial charge in [-0.25, -0.2) is 0 Å². The van der Waals surface area contributed by atoms with Gasteiger partial charge in [-0.3, -0.25) is 0 Å². The first-order valence-electron chi connectivity index (χ1n) is 30.5. The first kappa shape index (κ1) is 48.5. The van der Waals surface area contributed by atoms with Crippen LogP contribution in [0.1, 0.15) is 132 Å². The quantitative estimate of drug-likeness (QED) is 0.159. The maximum Gasteiger partial charge on any atom is 0.132 e. The van der Waals surface area contributed by atoms with E-state index in [4.69, 9.17) is 9.47 Å². The summed E-state index contributed by atoms with van der Waals surface area (Å²) in [7, 11) is 0. The van der Waals surface area contributed by atoms with Gasteiger partial charge in [-0.05, 0) is 164 Å². The van der Waals surface area contributed by atoms with Gasteiger partial charge in [-0.2, -0.15) is 0 Å². The molecule has 0 amide bonds. The molecule has 2 heterocycles. The van der Waals surface area contributed by atoms with Gasteiger partial charge in [0.25, 0.3) is 0 Å². The van der Waals surface area contributed by atoms with Crippen molar-refractivity contribution < 1.29 is 9.47 Å². The molecule has 0 N–H and O–H groups in total. The lowest BCUT2D eigenvalue weighted by molar-refractivity contribution is 0.424. The Morgan fingerprint density at radius 3 is 1.20 bits per heavy atom. The maximum atomic E-state index is 7.25. The highest BCUT2D eigenvalue weighted by molar-refractivity contribution is 5.96. The van der Waals surface area contributed by atoms with Gasteiger partial charge < -0.3 is 14.4 Å². The molecule has 0 aromatic heterocycles. The monoisotopic (exact) mass is 1070 g/mol. The first-order valence-corrected chi connectivity index (χ1v) is 30.5. The highest BCUT2D eigenvalue weighted by atomic mass is 16.5. The Bertz CT molecular complexity index is 4250. The minimum absolute atomic E-state index is 0.529. The molecular weight excluding hydrogens is 1010 g/mol. The molecule has 0 radical (unpaired) electrons. The number of anilines is 3. The molecule has 2 aliphatic heterocycles. The van der Waals surface area contributed by atoms with Crippen molar-refractivity contribution in [2.24, 2.45) is 0 Å². The summed E-state index contributed by atoms with van der Waals surface area (Å²) in [6.45, 7) is 0. The second-order valence-electron chi connectivity index (χ2n) is 24.2. The lowest BCUT2D eigenvalue weighted by Gasteiger charge is -2.41. The molecule has 0 atom stereocenters. The summed E-state index contributed by atoms with van der Waals surface area (Å²) in [5, 5.41) is 0. The molecule has 2 saturated carbocycles. The fraction of sp³-hybridized carbons (Fsp3) is 0.175. The van der Waals surface area contributed by atoms with Crippen molar-refractivity contribution in [1.82, 2.24) is 0 Å². The fourth-order valence-corrected chi connectivity index (χ4v) is 16.3. The number of fused-ring (bicyclic) bond motifs is 18. The molecule has 11 aromatic rings. The van der Waals surface area contributed by atoms with Crippen molar-refractivity contribution in [2.45, 2.75) is 86.9 Å². The summed E-state index contributed by atoms with van der Waals surface area (Å²) >= 11 is 0. The summed E-state index contributed by atoms with van der Waals surface area (Å²) in [6.07, 6.45) is 12.7. The van der Waals surface area contributed by atoms with Crippen LogP contribution in [0.3, 0.4) is 0 Å². The Hall–Kier alpha value is -9.18. The molecule has 2 fully saturated rings. The van der Waals surface area contributed by atoms with Crippen LogP contribution >= 0.6 is 0 Å². The number of hydrogen-bond donors (Lipinski definition) is 0. The van der Waals surface area contributed by atoms with Crippen molar-refractivity contribution in [3.05, 3.63) is 304 Å². The van der Waals surface area contributed by atoms with E-state index >= 15 is 0 Å². The highest BCUT2D eigenvalue weighted by Crippen LogP contribution is 2.66. The van der Waals surface area contributed by atoms with E-state index in [-0.39, 0.29) is 0 Å². The van der Waals surface area contributed by atoms with Gasteiger partial charge in [-0.1, -0.05) is 233 Å². The topological polar surface area (TPSA) is 21.7 Å². The summed E-state index contributed by atoms with van der Waals surface area (Å²) in [5.41, 5.74) is 24.6. The van der Waals surface area contributed by atoms with E-state index in [2.05, 4.69) is 254 Å². The molecule has 2 spiro atoms. The summed E-state index contributed by atoms with van der Waals surface area (Å²) in [6, 6.07) is 94.1. The van der Waals surface area contributed by atoms with Gasteiger partial charge in [0.05, 0.1) is 16.5 Å². The number of hydrogen-bond acceptors (Lipinski definition) is 3. The number of ether oxygens (including phenoxy) is 2. The van der Waals surface area contributed by atoms with E-state index < -0.39 is 10.8 Å². The summed E-state index contributed by atoms with van der Waals surface area (Å²) in [5.74, 6) is 4.75. The predicted molar refractivity (Wildman–Crippen MR) is 338 cm³/mol. The SMILES string of the molecule is c1ccc(-c2ccc(-c3ccccc3N(c3ccc4c(c3)C3(c5ccccc5Oc5ccccc53)c3ccccc3-4)c3ccc4c(c3)C3(c5cc(C6CCCCC6)ccc5Oc5ccc(C6CCCCC6)cc53)c3ccccc3-4)cc2)cc1. The van der Waals surface area contributed by atoms with Crippen molar-refractivity contribution in [2.75, 3.05) is 4.90 Å². The van der Waals surface area contributed by atoms with Gasteiger partial charge in [0.2, 0.25) is 0 Å². The third kappa shape index (κ3) is 7.29. The largest absolute Gasteiger partial charge is 0.457 e. The molecule has 400 valence electrons. The molecule has 0 saturated heterocycles. The van der Waals surface area contributed by atoms with E-state index in [1.165, 1.54) is 142 Å². The van der Waals surface area contributed by atoms with Crippen LogP contribution in [0.5, 0.6) is 23.0 Å². The zero-order valence-electron chi connectivity index (χ0n) is 46.7. The average Bonchev–Trinajstić information content (AvgIpc) is 1.65. The predicted octanol–water partition coefficient (Wildman–Crippen LogP) is 21.5. The third-order valence-electron chi connectivity index (χ3n) is 20.0. The van der Waals surface area contributed by atoms with Gasteiger partial charge >= 0.3 is 0 Å². The first-order chi connectivity index (χ1) is 41.1. The zero-order valence-corrected chi connectivity index (χ0v) is 46.7. The number of nitrogens with zero attached hydrogens (tertiary/aromatic N) is 1. The Morgan fingerprint density at radius 1 is 0.277 bits per heavy atom. The van der Waals surface area contributed by atoms with Crippen molar-refractivity contribution in [1.29, 1.82) is 0 Å². The second kappa shape index (κ2) is 19.2. The minimum atomic E-state index is -0.655. The van der Waals surface area contributed by atoms with Crippen LogP contribution in [0.4, 0.5) is 17.1 Å². The Balaban J connectivity index is 0.935. The van der Waals surface area contributed by atoms with E-state index in [0.29, 0.717) is 11.8 Å². The Kier molecular flexibility index (Phi) is 11.2. The standard InChI is InChI=1S/C80H63NO2/c1-4-20-52(21-5-1)55-36-38-56(39-37-55)61-26-12-17-33-74(61)81(59-42-44-64-62-27-10-13-29-66(62)79(70(64)50-59)68-31-15-18-34-75(68)82-76-35-19-16-32-69(76)79)60-43-45-65-63-28-11-14-30-67(63)80(71(65)51-60)72-48-57(53-22-6-2-7-23-53)40-46-77(72)83-78-47-41-58(49-73(78)80)54-24-8-3-9-25-54/h1,4-5,10-21,26-51,53-54H,2-3,6-9,22-25H2. The van der Waals surface area contributed by atoms with Crippen molar-refractivity contribution in [3.8, 4) is 67.5 Å². The van der Waals surface area contributed by atoms with E-state index in [1.54, 1.807) is 0 Å². The van der Waals surface area contributed by atoms with E-state index in [0.717, 1.165) is 62.3 Å². The fourth-order valence-electron chi connectivity index (χ4n) is 16.3. The molecule has 6 aliphatic rings. The van der Waals surface area contributed by atoms with Crippen LogP contribution in [0.2, 0.25) is 0 Å². The van der Waals surface area contributed by atoms with Crippen LogP contribution in [-0.4, -0.2) is 0 Å². The summed E-state index contributed by atoms with van der Waals surface area (Å²) < 4.78 is 14.1. The van der Waals surface area contributed by atoms with Crippen LogP contribution in [-0.2, 0) is 10.8 Å². The third-order valence-corrected chi connectivity index (χ3v) is 20.0. The Labute approximate surface area is 487 Å². The maximum absolute atomic E-state index is 7.25. The molecule has 3 heteroatoms. The lowest BCUT2D eigenvalue weighted by Crippen LogP contribution is -2.33. The second-order valence-corrected chi connectivity index (χ2v) is 24.2. The van der Waals surface area contributed by atoms with Crippen LogP contribution < -0.4 is 14.4 Å². The zero-order chi connectivity index (χ0) is 54.6. The number of rotatable bonds is 7. The van der Waals surface area contributed by atoms with E-state index in [1.807, 2.05) is 0 Å². The number of benzene rings is 11. The van der Waals surface area contributed by atoms with Gasteiger partial charge in [0.1, 0.15) is 23.0 Å². The molecule has 0 unspecified atom stereocenters. The molecule has 3 nitrogen and oxygen atoms in total. The van der Waals surface area contributed by atoms with Gasteiger partial charge in [0, 0.05) is 39.2 Å². The molecule has 11 aromatic carbocycles. The molecule has 0 bridgehead atoms. The Morgan fingerprint density at radius 2 is 0.675 bits per heavy atom. The average molecular weight is 1070 g/mol. The highest BCUT2D eigenvalue weighted by Gasteiger charge is 2.53. The smallest absolute Gasteiger partial charge is 0.132 e. The lowest BCUT2D eigenvalue weighted by atomic mass is 9.64. The molecule has 83 heavy (non-hydrogen) atoms. The van der Waals surface area contributed by atoms with E-state index in [9.17, 15) is 0 Å². The van der Waals surface area contributed by atoms with Crippen LogP contribution in [0, 0.1) is 0 Å². The molecular formula is C80H63NO2.